The van der Waals surface area contributed by atoms with Gasteiger partial charge in [0.25, 0.3) is 0 Å². The summed E-state index contributed by atoms with van der Waals surface area (Å²) in [5.41, 5.74) is 2.11. The molecule has 144 valence electrons. The van der Waals surface area contributed by atoms with Gasteiger partial charge in [-0.1, -0.05) is 38.1 Å². The van der Waals surface area contributed by atoms with Crippen LogP contribution in [-0.2, 0) is 6.42 Å². The molecule has 2 fully saturated rings. The number of nitrogens with one attached hydrogen (secondary N) is 2. The molecule has 1 aromatic rings. The third-order valence-corrected chi connectivity index (χ3v) is 5.99. The maximum Gasteiger partial charge on any atom is 0.317 e. The SMILES string of the molecule is CC(C)c1ccc(CCCNC(=O)N2CC[C@@]3(O)CCNC[C@H]3C2)cc1. The number of aryl methyl sites for hydroxylation is 1. The summed E-state index contributed by atoms with van der Waals surface area (Å²) in [4.78, 5) is 14.3. The van der Waals surface area contributed by atoms with Gasteiger partial charge < -0.3 is 20.6 Å². The van der Waals surface area contributed by atoms with Gasteiger partial charge in [0.15, 0.2) is 0 Å². The number of carbonyl (C=O) groups excluding carboxylic acids is 1. The van der Waals surface area contributed by atoms with Crippen molar-refractivity contribution in [3.05, 3.63) is 35.4 Å². The van der Waals surface area contributed by atoms with Crippen LogP contribution in [0, 0.1) is 5.92 Å². The molecule has 5 heteroatoms. The molecule has 0 bridgehead atoms. The Morgan fingerprint density at radius 3 is 2.85 bits per heavy atom. The first-order chi connectivity index (χ1) is 12.5. The lowest BCUT2D eigenvalue weighted by molar-refractivity contribution is -0.0800. The van der Waals surface area contributed by atoms with E-state index >= 15 is 0 Å². The average Bonchev–Trinajstić information content (AvgIpc) is 2.64. The molecule has 0 aromatic heterocycles. The van der Waals surface area contributed by atoms with Gasteiger partial charge in [0.1, 0.15) is 0 Å². The number of urea groups is 1. The lowest BCUT2D eigenvalue weighted by atomic mass is 9.76. The van der Waals surface area contributed by atoms with Crippen molar-refractivity contribution in [2.45, 2.75) is 51.0 Å². The summed E-state index contributed by atoms with van der Waals surface area (Å²) < 4.78 is 0. The Kier molecular flexibility index (Phi) is 6.20. The Balaban J connectivity index is 1.39. The quantitative estimate of drug-likeness (QED) is 0.708. The average molecular weight is 360 g/mol. The second kappa shape index (κ2) is 8.40. The first-order valence-corrected chi connectivity index (χ1v) is 10.0. The summed E-state index contributed by atoms with van der Waals surface area (Å²) in [6.07, 6.45) is 3.40. The summed E-state index contributed by atoms with van der Waals surface area (Å²) in [7, 11) is 0. The number of likely N-dealkylation sites (tertiary alicyclic amines) is 1. The van der Waals surface area contributed by atoms with Crippen molar-refractivity contribution >= 4 is 6.03 Å². The van der Waals surface area contributed by atoms with E-state index in [1.807, 2.05) is 4.90 Å². The number of hydrogen-bond donors (Lipinski definition) is 3. The number of aliphatic hydroxyl groups is 1. The largest absolute Gasteiger partial charge is 0.389 e. The summed E-state index contributed by atoms with van der Waals surface area (Å²) >= 11 is 0. The number of amides is 2. The van der Waals surface area contributed by atoms with Crippen molar-refractivity contribution in [1.82, 2.24) is 15.5 Å². The fourth-order valence-corrected chi connectivity index (χ4v) is 4.08. The van der Waals surface area contributed by atoms with Crippen LogP contribution in [-0.4, -0.2) is 54.4 Å². The first-order valence-electron chi connectivity index (χ1n) is 10.0. The summed E-state index contributed by atoms with van der Waals surface area (Å²) in [5, 5.41) is 17.1. The molecule has 3 rings (SSSR count). The molecule has 2 aliphatic heterocycles. The molecule has 2 atom stereocenters. The highest BCUT2D eigenvalue weighted by molar-refractivity contribution is 5.74. The normalized spacial score (nSPS) is 25.8. The van der Waals surface area contributed by atoms with Crippen molar-refractivity contribution in [3.8, 4) is 0 Å². The van der Waals surface area contributed by atoms with Crippen molar-refractivity contribution in [1.29, 1.82) is 0 Å². The molecule has 2 saturated heterocycles. The smallest absolute Gasteiger partial charge is 0.317 e. The summed E-state index contributed by atoms with van der Waals surface area (Å²) in [5.74, 6) is 0.708. The fourth-order valence-electron chi connectivity index (χ4n) is 4.08. The highest BCUT2D eigenvalue weighted by Gasteiger charge is 2.43. The number of benzene rings is 1. The van der Waals surface area contributed by atoms with Gasteiger partial charge in [-0.05, 0) is 49.3 Å². The van der Waals surface area contributed by atoms with Crippen LogP contribution in [0.15, 0.2) is 24.3 Å². The minimum Gasteiger partial charge on any atom is -0.389 e. The van der Waals surface area contributed by atoms with E-state index in [4.69, 9.17) is 0 Å². The van der Waals surface area contributed by atoms with Crippen molar-refractivity contribution in [3.63, 3.8) is 0 Å². The lowest BCUT2D eigenvalue weighted by Crippen LogP contribution is -2.61. The van der Waals surface area contributed by atoms with Crippen LogP contribution in [0.1, 0.15) is 50.2 Å². The monoisotopic (exact) mass is 359 g/mol. The van der Waals surface area contributed by atoms with Crippen molar-refractivity contribution < 1.29 is 9.90 Å². The van der Waals surface area contributed by atoms with E-state index in [0.29, 0.717) is 32.0 Å². The molecular weight excluding hydrogens is 326 g/mol. The van der Waals surface area contributed by atoms with Gasteiger partial charge in [-0.15, -0.1) is 0 Å². The number of nitrogens with zero attached hydrogens (tertiary/aromatic N) is 1. The molecule has 0 radical (unpaired) electrons. The third kappa shape index (κ3) is 4.57. The Morgan fingerprint density at radius 1 is 1.35 bits per heavy atom. The Bertz CT molecular complexity index is 602. The molecule has 2 amide bonds. The molecular formula is C21H33N3O2. The molecule has 0 unspecified atom stereocenters. The van der Waals surface area contributed by atoms with E-state index in [0.717, 1.165) is 32.4 Å². The van der Waals surface area contributed by atoms with Crippen LogP contribution >= 0.6 is 0 Å². The Labute approximate surface area is 157 Å². The van der Waals surface area contributed by atoms with Crippen LogP contribution < -0.4 is 10.6 Å². The first kappa shape index (κ1) is 19.2. The van der Waals surface area contributed by atoms with E-state index < -0.39 is 5.60 Å². The maximum atomic E-state index is 12.4. The van der Waals surface area contributed by atoms with Gasteiger partial charge in [0.05, 0.1) is 5.60 Å². The van der Waals surface area contributed by atoms with Crippen LogP contribution in [0.4, 0.5) is 4.79 Å². The minimum atomic E-state index is -0.579. The molecule has 0 saturated carbocycles. The van der Waals surface area contributed by atoms with Crippen LogP contribution in [0.25, 0.3) is 0 Å². The van der Waals surface area contributed by atoms with E-state index in [2.05, 4.69) is 48.7 Å². The number of piperidine rings is 2. The van der Waals surface area contributed by atoms with Gasteiger partial charge in [-0.3, -0.25) is 0 Å². The molecule has 2 aliphatic rings. The zero-order valence-electron chi connectivity index (χ0n) is 16.1. The highest BCUT2D eigenvalue weighted by Crippen LogP contribution is 2.32. The zero-order valence-corrected chi connectivity index (χ0v) is 16.1. The van der Waals surface area contributed by atoms with Crippen molar-refractivity contribution in [2.75, 3.05) is 32.7 Å². The van der Waals surface area contributed by atoms with Gasteiger partial charge >= 0.3 is 6.03 Å². The zero-order chi connectivity index (χ0) is 18.6. The van der Waals surface area contributed by atoms with Crippen molar-refractivity contribution in [2.24, 2.45) is 5.92 Å². The fraction of sp³-hybridized carbons (Fsp3) is 0.667. The molecule has 1 aromatic carbocycles. The van der Waals surface area contributed by atoms with Gasteiger partial charge in [-0.2, -0.15) is 0 Å². The van der Waals surface area contributed by atoms with Crippen LogP contribution in [0.5, 0.6) is 0 Å². The Hall–Kier alpha value is -1.59. The topological polar surface area (TPSA) is 64.6 Å². The number of fused-ring (bicyclic) bond motifs is 1. The third-order valence-electron chi connectivity index (χ3n) is 5.99. The number of carbonyl (C=O) groups is 1. The number of rotatable bonds is 5. The van der Waals surface area contributed by atoms with Gasteiger partial charge in [0, 0.05) is 32.1 Å². The van der Waals surface area contributed by atoms with Crippen LogP contribution in [0.2, 0.25) is 0 Å². The van der Waals surface area contributed by atoms with Gasteiger partial charge in [0.2, 0.25) is 0 Å². The highest BCUT2D eigenvalue weighted by atomic mass is 16.3. The second-order valence-electron chi connectivity index (χ2n) is 8.18. The van der Waals surface area contributed by atoms with E-state index in [1.54, 1.807) is 0 Å². The lowest BCUT2D eigenvalue weighted by Gasteiger charge is -2.47. The number of hydrogen-bond acceptors (Lipinski definition) is 3. The molecule has 0 spiro atoms. The molecule has 2 heterocycles. The van der Waals surface area contributed by atoms with Gasteiger partial charge in [-0.25, -0.2) is 4.79 Å². The summed E-state index contributed by atoms with van der Waals surface area (Å²) in [6.45, 7) is 8.06. The Morgan fingerprint density at radius 2 is 2.12 bits per heavy atom. The minimum absolute atomic E-state index is 0.00720. The predicted molar refractivity (Wildman–Crippen MR) is 104 cm³/mol. The predicted octanol–water partition coefficient (Wildman–Crippen LogP) is 2.50. The van der Waals surface area contributed by atoms with Crippen LogP contribution in [0.3, 0.4) is 0 Å². The van der Waals surface area contributed by atoms with E-state index in [1.165, 1.54) is 11.1 Å². The molecule has 26 heavy (non-hydrogen) atoms. The molecule has 5 nitrogen and oxygen atoms in total. The van der Waals surface area contributed by atoms with E-state index in [9.17, 15) is 9.90 Å². The molecule has 0 aliphatic carbocycles. The second-order valence-corrected chi connectivity index (χ2v) is 8.18. The standard InChI is InChI=1S/C21H33N3O2/c1-16(2)18-7-5-17(6-8-18)4-3-11-23-20(25)24-13-10-21(26)9-12-22-14-19(21)15-24/h5-8,16,19,22,26H,3-4,9-15H2,1-2H3,(H,23,25)/t19-,21-/m0/s1. The van der Waals surface area contributed by atoms with E-state index in [-0.39, 0.29) is 11.9 Å². The summed E-state index contributed by atoms with van der Waals surface area (Å²) in [6, 6.07) is 8.79. The molecule has 3 N–H and O–H groups in total. The maximum absolute atomic E-state index is 12.4.